The maximum atomic E-state index is 11.0. The zero-order valence-corrected chi connectivity index (χ0v) is 15.1. The second-order valence-corrected chi connectivity index (χ2v) is 7.62. The highest BCUT2D eigenvalue weighted by molar-refractivity contribution is 7.88. The molecule has 0 radical (unpaired) electrons. The van der Waals surface area contributed by atoms with Crippen molar-refractivity contribution in [2.45, 2.75) is 12.8 Å². The van der Waals surface area contributed by atoms with E-state index in [1.54, 1.807) is 7.05 Å². The highest BCUT2D eigenvalue weighted by Crippen LogP contribution is 2.21. The first-order valence-corrected chi connectivity index (χ1v) is 10.0. The number of nitrogens with one attached hydrogen (secondary N) is 2. The summed E-state index contributed by atoms with van der Waals surface area (Å²) in [6.45, 7) is 2.86. The zero-order valence-electron chi connectivity index (χ0n) is 14.3. The molecule has 1 heterocycles. The smallest absolute Gasteiger partial charge is 0.208 e. The summed E-state index contributed by atoms with van der Waals surface area (Å²) >= 11 is 0. The molecule has 1 aliphatic heterocycles. The van der Waals surface area contributed by atoms with Gasteiger partial charge in [0.25, 0.3) is 0 Å². The van der Waals surface area contributed by atoms with E-state index in [0.29, 0.717) is 19.5 Å². The monoisotopic (exact) mass is 350 g/mol. The van der Waals surface area contributed by atoms with Crippen molar-refractivity contribution in [2.24, 2.45) is 4.99 Å². The number of guanidine groups is 1. The van der Waals surface area contributed by atoms with E-state index in [1.807, 2.05) is 6.07 Å². The van der Waals surface area contributed by atoms with Gasteiger partial charge in [0.2, 0.25) is 10.0 Å². The topological polar surface area (TPSA) is 73.8 Å². The average Bonchev–Trinajstić information content (AvgIpc) is 2.58. The molecule has 24 heavy (non-hydrogen) atoms. The summed E-state index contributed by atoms with van der Waals surface area (Å²) in [5, 5.41) is 3.29. The van der Waals surface area contributed by atoms with E-state index >= 15 is 0 Å². The molecule has 0 saturated heterocycles. The third-order valence-electron chi connectivity index (χ3n) is 3.87. The predicted molar refractivity (Wildman–Crippen MR) is 99.4 cm³/mol. The third-order valence-corrected chi connectivity index (χ3v) is 4.59. The van der Waals surface area contributed by atoms with Crippen LogP contribution in [-0.2, 0) is 10.0 Å². The molecule has 2 rings (SSSR count). The van der Waals surface area contributed by atoms with Crippen molar-refractivity contribution >= 4 is 21.6 Å². The van der Waals surface area contributed by atoms with Crippen LogP contribution in [0.2, 0.25) is 0 Å². The van der Waals surface area contributed by atoms with Crippen LogP contribution in [0.25, 0.3) is 5.57 Å². The number of hydrogen-bond acceptors (Lipinski definition) is 3. The third kappa shape index (κ3) is 5.98. The fourth-order valence-corrected chi connectivity index (χ4v) is 3.17. The molecule has 1 aliphatic rings. The van der Waals surface area contributed by atoms with Crippen LogP contribution in [0, 0.1) is 0 Å². The minimum atomic E-state index is -3.11. The quantitative estimate of drug-likeness (QED) is 0.461. The molecule has 0 saturated carbocycles. The fraction of sp³-hybridized carbons (Fsp3) is 0.471. The van der Waals surface area contributed by atoms with Crippen molar-refractivity contribution in [1.29, 1.82) is 0 Å². The molecule has 0 aromatic heterocycles. The molecule has 0 aliphatic carbocycles. The highest BCUT2D eigenvalue weighted by atomic mass is 32.2. The molecule has 0 bridgehead atoms. The lowest BCUT2D eigenvalue weighted by Crippen LogP contribution is -2.44. The van der Waals surface area contributed by atoms with Crippen molar-refractivity contribution in [1.82, 2.24) is 14.9 Å². The Morgan fingerprint density at radius 1 is 1.25 bits per heavy atom. The van der Waals surface area contributed by atoms with Gasteiger partial charge in [-0.3, -0.25) is 4.99 Å². The second kappa shape index (κ2) is 8.84. The van der Waals surface area contributed by atoms with Crippen molar-refractivity contribution in [3.05, 3.63) is 42.0 Å². The lowest BCUT2D eigenvalue weighted by atomic mass is 10.00. The van der Waals surface area contributed by atoms with Crippen LogP contribution in [0.15, 0.2) is 41.4 Å². The van der Waals surface area contributed by atoms with Crippen LogP contribution in [0.4, 0.5) is 0 Å². The van der Waals surface area contributed by atoms with Gasteiger partial charge in [0.1, 0.15) is 0 Å². The maximum Gasteiger partial charge on any atom is 0.208 e. The first-order chi connectivity index (χ1) is 11.5. The Kier molecular flexibility index (Phi) is 6.81. The average molecular weight is 350 g/mol. The molecule has 0 unspecified atom stereocenters. The molecule has 6 nitrogen and oxygen atoms in total. The number of rotatable bonds is 6. The maximum absolute atomic E-state index is 11.0. The van der Waals surface area contributed by atoms with E-state index in [0.717, 1.165) is 25.5 Å². The molecule has 2 N–H and O–H groups in total. The Balaban J connectivity index is 1.80. The Morgan fingerprint density at radius 3 is 2.58 bits per heavy atom. The van der Waals surface area contributed by atoms with Gasteiger partial charge in [0.15, 0.2) is 5.96 Å². The van der Waals surface area contributed by atoms with Gasteiger partial charge in [-0.15, -0.1) is 0 Å². The van der Waals surface area contributed by atoms with Gasteiger partial charge in [-0.1, -0.05) is 36.4 Å². The molecular weight excluding hydrogens is 324 g/mol. The molecule has 0 amide bonds. The number of benzene rings is 1. The molecule has 0 atom stereocenters. The van der Waals surface area contributed by atoms with Crippen molar-refractivity contribution < 1.29 is 8.42 Å². The summed E-state index contributed by atoms with van der Waals surface area (Å²) < 4.78 is 24.5. The van der Waals surface area contributed by atoms with E-state index in [4.69, 9.17) is 0 Å². The second-order valence-electron chi connectivity index (χ2n) is 5.79. The van der Waals surface area contributed by atoms with Gasteiger partial charge < -0.3 is 10.2 Å². The van der Waals surface area contributed by atoms with E-state index in [2.05, 4.69) is 50.3 Å². The number of hydrogen-bond donors (Lipinski definition) is 2. The Labute approximate surface area is 144 Å². The van der Waals surface area contributed by atoms with Crippen molar-refractivity contribution in [3.63, 3.8) is 0 Å². The van der Waals surface area contributed by atoms with Gasteiger partial charge in [-0.25, -0.2) is 13.1 Å². The first-order valence-electron chi connectivity index (χ1n) is 8.14. The zero-order chi connectivity index (χ0) is 17.4. The molecule has 1 aromatic carbocycles. The number of nitrogens with zero attached hydrogens (tertiary/aromatic N) is 2. The minimum Gasteiger partial charge on any atom is -0.356 e. The normalized spacial score (nSPS) is 16.0. The number of sulfonamides is 1. The van der Waals surface area contributed by atoms with Crippen molar-refractivity contribution in [3.8, 4) is 0 Å². The Bertz CT molecular complexity index is 684. The molecular formula is C17H26N4O2S. The molecule has 0 fully saturated rings. The van der Waals surface area contributed by atoms with Gasteiger partial charge in [-0.2, -0.15) is 0 Å². The molecule has 0 spiro atoms. The number of aliphatic imine (C=N–C) groups is 1. The van der Waals surface area contributed by atoms with E-state index in [9.17, 15) is 8.42 Å². The van der Waals surface area contributed by atoms with Crippen LogP contribution in [0.3, 0.4) is 0 Å². The van der Waals surface area contributed by atoms with Crippen LogP contribution >= 0.6 is 0 Å². The van der Waals surface area contributed by atoms with E-state index in [1.165, 1.54) is 17.4 Å². The lowest BCUT2D eigenvalue weighted by molar-refractivity contribution is 0.439. The van der Waals surface area contributed by atoms with E-state index in [-0.39, 0.29) is 0 Å². The molecule has 7 heteroatoms. The largest absolute Gasteiger partial charge is 0.356 e. The van der Waals surface area contributed by atoms with Crippen LogP contribution in [-0.4, -0.2) is 58.8 Å². The van der Waals surface area contributed by atoms with Gasteiger partial charge in [0.05, 0.1) is 6.26 Å². The Morgan fingerprint density at radius 2 is 2.00 bits per heavy atom. The van der Waals surface area contributed by atoms with Gasteiger partial charge in [-0.05, 0) is 24.0 Å². The van der Waals surface area contributed by atoms with Crippen LogP contribution in [0.5, 0.6) is 0 Å². The summed E-state index contributed by atoms with van der Waals surface area (Å²) in [5.41, 5.74) is 2.66. The summed E-state index contributed by atoms with van der Waals surface area (Å²) in [7, 11) is -1.34. The van der Waals surface area contributed by atoms with Crippen molar-refractivity contribution in [2.75, 3.05) is 39.5 Å². The predicted octanol–water partition coefficient (Wildman–Crippen LogP) is 1.29. The standard InChI is InChI=1S/C17H26N4O2S/c1-18-17(19-11-6-12-20-24(2,22)23)21-13-9-16(10-14-21)15-7-4-3-5-8-15/h3-5,7-9,20H,6,10-14H2,1-2H3,(H,18,19). The summed E-state index contributed by atoms with van der Waals surface area (Å²) in [6, 6.07) is 10.4. The summed E-state index contributed by atoms with van der Waals surface area (Å²) in [6.07, 6.45) is 5.12. The first kappa shape index (κ1) is 18.5. The van der Waals surface area contributed by atoms with Gasteiger partial charge in [0, 0.05) is 33.2 Å². The highest BCUT2D eigenvalue weighted by Gasteiger charge is 2.15. The van der Waals surface area contributed by atoms with Gasteiger partial charge >= 0.3 is 0 Å². The Hall–Kier alpha value is -1.86. The van der Waals surface area contributed by atoms with E-state index < -0.39 is 10.0 Å². The minimum absolute atomic E-state index is 0.431. The van der Waals surface area contributed by atoms with Crippen LogP contribution < -0.4 is 10.0 Å². The SMILES string of the molecule is CN=C(NCCCNS(C)(=O)=O)N1CC=C(c2ccccc2)CC1. The van der Waals surface area contributed by atoms with Crippen LogP contribution in [0.1, 0.15) is 18.4 Å². The summed E-state index contributed by atoms with van der Waals surface area (Å²) in [4.78, 5) is 6.52. The lowest BCUT2D eigenvalue weighted by Gasteiger charge is -2.29. The fourth-order valence-electron chi connectivity index (χ4n) is 2.65. The molecule has 1 aromatic rings. The summed E-state index contributed by atoms with van der Waals surface area (Å²) in [5.74, 6) is 0.859. The molecule has 132 valence electrons.